The highest BCUT2D eigenvalue weighted by molar-refractivity contribution is 4.81. The van der Waals surface area contributed by atoms with Crippen molar-refractivity contribution >= 4 is 0 Å². The zero-order valence-corrected chi connectivity index (χ0v) is 5.44. The van der Waals surface area contributed by atoms with Gasteiger partial charge in [-0.25, -0.2) is 0 Å². The lowest BCUT2D eigenvalue weighted by Crippen LogP contribution is -2.04. The Morgan fingerprint density at radius 3 is 2.12 bits per heavy atom. The SMILES string of the molecule is CO[C]1CCCCC1. The molecular weight excluding hydrogens is 100 g/mol. The van der Waals surface area contributed by atoms with Crippen LogP contribution in [-0.2, 0) is 4.74 Å². The molecule has 0 amide bonds. The summed E-state index contributed by atoms with van der Waals surface area (Å²) in [6, 6.07) is 0. The van der Waals surface area contributed by atoms with Crippen LogP contribution in [0.15, 0.2) is 0 Å². The summed E-state index contributed by atoms with van der Waals surface area (Å²) in [7, 11) is 1.78. The molecule has 1 fully saturated rings. The van der Waals surface area contributed by atoms with E-state index in [1.165, 1.54) is 38.2 Å². The first kappa shape index (κ1) is 6.09. The maximum atomic E-state index is 5.11. The van der Waals surface area contributed by atoms with Gasteiger partial charge in [0.15, 0.2) is 0 Å². The zero-order chi connectivity index (χ0) is 5.82. The molecule has 1 radical (unpaired) electrons. The molecule has 8 heavy (non-hydrogen) atoms. The average Bonchev–Trinajstić information content (AvgIpc) is 1.90. The van der Waals surface area contributed by atoms with Crippen molar-refractivity contribution in [2.45, 2.75) is 32.1 Å². The van der Waals surface area contributed by atoms with Gasteiger partial charge in [-0.2, -0.15) is 0 Å². The molecule has 1 heteroatoms. The lowest BCUT2D eigenvalue weighted by atomic mass is 9.98. The molecule has 1 rings (SSSR count). The monoisotopic (exact) mass is 113 g/mol. The first-order valence-corrected chi connectivity index (χ1v) is 3.32. The topological polar surface area (TPSA) is 9.23 Å². The van der Waals surface area contributed by atoms with E-state index >= 15 is 0 Å². The summed E-state index contributed by atoms with van der Waals surface area (Å²) in [4.78, 5) is 0. The summed E-state index contributed by atoms with van der Waals surface area (Å²) < 4.78 is 5.11. The Labute approximate surface area is 51.0 Å². The minimum absolute atomic E-state index is 1.20. The molecule has 47 valence electrons. The van der Waals surface area contributed by atoms with Gasteiger partial charge in [0.25, 0.3) is 0 Å². The van der Waals surface area contributed by atoms with Gasteiger partial charge >= 0.3 is 0 Å². The van der Waals surface area contributed by atoms with Gasteiger partial charge in [-0.05, 0) is 12.8 Å². The molecule has 0 atom stereocenters. The van der Waals surface area contributed by atoms with Crippen molar-refractivity contribution in [3.8, 4) is 0 Å². The van der Waals surface area contributed by atoms with Crippen LogP contribution in [-0.4, -0.2) is 7.11 Å². The van der Waals surface area contributed by atoms with Gasteiger partial charge < -0.3 is 4.74 Å². The number of methoxy groups -OCH3 is 1. The normalized spacial score (nSPS) is 23.6. The number of rotatable bonds is 1. The van der Waals surface area contributed by atoms with Crippen LogP contribution in [0.4, 0.5) is 0 Å². The second-order valence-electron chi connectivity index (χ2n) is 2.30. The highest BCUT2D eigenvalue weighted by Crippen LogP contribution is 2.25. The maximum absolute atomic E-state index is 5.11. The summed E-state index contributed by atoms with van der Waals surface area (Å²) in [6.45, 7) is 0. The lowest BCUT2D eigenvalue weighted by Gasteiger charge is -2.17. The molecule has 1 aliphatic rings. The second kappa shape index (κ2) is 3.08. The fourth-order valence-corrected chi connectivity index (χ4v) is 1.15. The molecule has 0 heterocycles. The van der Waals surface area contributed by atoms with Crippen LogP contribution in [0.3, 0.4) is 0 Å². The smallest absolute Gasteiger partial charge is 0.0966 e. The molecule has 0 N–H and O–H groups in total. The van der Waals surface area contributed by atoms with Crippen molar-refractivity contribution in [3.05, 3.63) is 6.10 Å². The summed E-state index contributed by atoms with van der Waals surface area (Å²) in [5.41, 5.74) is 0. The van der Waals surface area contributed by atoms with Gasteiger partial charge in [0.2, 0.25) is 0 Å². The van der Waals surface area contributed by atoms with Gasteiger partial charge in [-0.3, -0.25) is 0 Å². The van der Waals surface area contributed by atoms with Crippen molar-refractivity contribution in [3.63, 3.8) is 0 Å². The van der Waals surface area contributed by atoms with Crippen LogP contribution >= 0.6 is 0 Å². The fourth-order valence-electron chi connectivity index (χ4n) is 1.15. The minimum Gasteiger partial charge on any atom is -0.375 e. The van der Waals surface area contributed by atoms with Crippen LogP contribution in [0.25, 0.3) is 0 Å². The Hall–Kier alpha value is -0.0400. The van der Waals surface area contributed by atoms with Crippen LogP contribution in [0.2, 0.25) is 0 Å². The largest absolute Gasteiger partial charge is 0.375 e. The number of hydrogen-bond acceptors (Lipinski definition) is 1. The molecular formula is C7H13O. The quantitative estimate of drug-likeness (QED) is 0.506. The number of hydrogen-bond donors (Lipinski definition) is 0. The van der Waals surface area contributed by atoms with E-state index in [4.69, 9.17) is 4.74 Å². The first-order chi connectivity index (χ1) is 3.93. The molecule has 0 bridgehead atoms. The van der Waals surface area contributed by atoms with Gasteiger partial charge in [0.1, 0.15) is 0 Å². The van der Waals surface area contributed by atoms with Crippen molar-refractivity contribution in [1.82, 2.24) is 0 Å². The van der Waals surface area contributed by atoms with Crippen molar-refractivity contribution in [1.29, 1.82) is 0 Å². The first-order valence-electron chi connectivity index (χ1n) is 3.32. The Morgan fingerprint density at radius 1 is 1.12 bits per heavy atom. The van der Waals surface area contributed by atoms with Gasteiger partial charge in [-0.1, -0.05) is 19.3 Å². The van der Waals surface area contributed by atoms with Crippen LogP contribution in [0, 0.1) is 6.10 Å². The Bertz CT molecular complexity index is 55.4. The Balaban J connectivity index is 2.13. The van der Waals surface area contributed by atoms with Crippen molar-refractivity contribution in [2.24, 2.45) is 0 Å². The third-order valence-corrected chi connectivity index (χ3v) is 1.70. The molecule has 0 unspecified atom stereocenters. The molecule has 0 spiro atoms. The molecule has 0 aliphatic heterocycles. The summed E-state index contributed by atoms with van der Waals surface area (Å²) >= 11 is 0. The predicted octanol–water partition coefficient (Wildman–Crippen LogP) is 2.13. The highest BCUT2D eigenvalue weighted by Gasteiger charge is 2.11. The summed E-state index contributed by atoms with van der Waals surface area (Å²) in [6.07, 6.45) is 7.78. The summed E-state index contributed by atoms with van der Waals surface area (Å²) in [5.74, 6) is 0. The molecule has 0 aromatic rings. The van der Waals surface area contributed by atoms with Crippen LogP contribution in [0.5, 0.6) is 0 Å². The van der Waals surface area contributed by atoms with Crippen LogP contribution in [0.1, 0.15) is 32.1 Å². The molecule has 0 saturated heterocycles. The molecule has 1 nitrogen and oxygen atoms in total. The third-order valence-electron chi connectivity index (χ3n) is 1.70. The third kappa shape index (κ3) is 1.48. The van der Waals surface area contributed by atoms with Crippen molar-refractivity contribution < 1.29 is 4.74 Å². The van der Waals surface area contributed by atoms with E-state index in [9.17, 15) is 0 Å². The van der Waals surface area contributed by atoms with E-state index in [1.807, 2.05) is 0 Å². The second-order valence-corrected chi connectivity index (χ2v) is 2.30. The van der Waals surface area contributed by atoms with Crippen molar-refractivity contribution in [2.75, 3.05) is 7.11 Å². The average molecular weight is 113 g/mol. The predicted molar refractivity (Wildman–Crippen MR) is 33.3 cm³/mol. The minimum atomic E-state index is 1.20. The van der Waals surface area contributed by atoms with E-state index in [-0.39, 0.29) is 0 Å². The van der Waals surface area contributed by atoms with Crippen LogP contribution < -0.4 is 0 Å². The highest BCUT2D eigenvalue weighted by atomic mass is 16.5. The zero-order valence-electron chi connectivity index (χ0n) is 5.44. The Kier molecular flexibility index (Phi) is 2.34. The Morgan fingerprint density at radius 2 is 1.75 bits per heavy atom. The van der Waals surface area contributed by atoms with E-state index in [2.05, 4.69) is 0 Å². The van der Waals surface area contributed by atoms with Gasteiger partial charge in [0.05, 0.1) is 6.10 Å². The van der Waals surface area contributed by atoms with Gasteiger partial charge in [0, 0.05) is 7.11 Å². The molecule has 1 saturated carbocycles. The lowest BCUT2D eigenvalue weighted by molar-refractivity contribution is 0.166. The van der Waals surface area contributed by atoms with Gasteiger partial charge in [-0.15, -0.1) is 0 Å². The standard InChI is InChI=1S/C7H13O/c1-8-7-5-3-2-4-6-7/h2-6H2,1H3. The maximum Gasteiger partial charge on any atom is 0.0966 e. The molecule has 0 aromatic heterocycles. The van der Waals surface area contributed by atoms with E-state index in [0.717, 1.165) is 0 Å². The fraction of sp³-hybridized carbons (Fsp3) is 0.857. The van der Waals surface area contributed by atoms with E-state index in [0.29, 0.717) is 0 Å². The van der Waals surface area contributed by atoms with E-state index in [1.54, 1.807) is 7.11 Å². The molecule has 0 aromatic carbocycles. The molecule has 1 aliphatic carbocycles. The number of ether oxygens (including phenoxy) is 1. The summed E-state index contributed by atoms with van der Waals surface area (Å²) in [5, 5.41) is 0. The van der Waals surface area contributed by atoms with E-state index < -0.39 is 0 Å².